The molecule has 1 aliphatic heterocycles. The molecule has 1 aromatic carbocycles. The number of hydrogen-bond acceptors (Lipinski definition) is 5. The number of aromatic nitrogens is 2. The molecular formula is C22H24N4OS. The highest BCUT2D eigenvalue weighted by atomic mass is 32.1. The predicted octanol–water partition coefficient (Wildman–Crippen LogP) is 3.70. The zero-order chi connectivity index (χ0) is 19.2. The van der Waals surface area contributed by atoms with Gasteiger partial charge < -0.3 is 5.32 Å². The SMILES string of the molecule is O=C(Cc1csc(-c2ccccn2)n1)NC[C@H](c1ccccc1)N1CCCC1. The molecule has 0 spiro atoms. The van der Waals surface area contributed by atoms with Gasteiger partial charge in [0.2, 0.25) is 5.91 Å². The number of pyridine rings is 1. The van der Waals surface area contributed by atoms with E-state index < -0.39 is 0 Å². The number of amides is 1. The molecule has 6 heteroatoms. The van der Waals surface area contributed by atoms with E-state index in [1.165, 1.54) is 29.7 Å². The van der Waals surface area contributed by atoms with E-state index in [2.05, 4.69) is 44.5 Å². The average molecular weight is 393 g/mol. The lowest BCUT2D eigenvalue weighted by molar-refractivity contribution is -0.120. The van der Waals surface area contributed by atoms with Crippen LogP contribution >= 0.6 is 11.3 Å². The Balaban J connectivity index is 1.37. The van der Waals surface area contributed by atoms with Crippen LogP contribution in [0.3, 0.4) is 0 Å². The minimum atomic E-state index is 0.0120. The second-order valence-corrected chi connectivity index (χ2v) is 7.87. The smallest absolute Gasteiger partial charge is 0.226 e. The fourth-order valence-corrected chi connectivity index (χ4v) is 4.41. The van der Waals surface area contributed by atoms with Gasteiger partial charge in [-0.05, 0) is 43.6 Å². The second-order valence-electron chi connectivity index (χ2n) is 7.01. The molecule has 4 rings (SSSR count). The molecule has 0 radical (unpaired) electrons. The summed E-state index contributed by atoms with van der Waals surface area (Å²) in [6.07, 6.45) is 4.51. The van der Waals surface area contributed by atoms with Crippen LogP contribution in [0.5, 0.6) is 0 Å². The van der Waals surface area contributed by atoms with Gasteiger partial charge in [0.1, 0.15) is 5.01 Å². The molecule has 1 atom stereocenters. The van der Waals surface area contributed by atoms with Crippen LogP contribution in [-0.2, 0) is 11.2 Å². The van der Waals surface area contributed by atoms with Gasteiger partial charge in [-0.1, -0.05) is 36.4 Å². The van der Waals surface area contributed by atoms with Crippen LogP contribution in [0.15, 0.2) is 60.1 Å². The molecule has 1 aliphatic rings. The van der Waals surface area contributed by atoms with Gasteiger partial charge in [-0.25, -0.2) is 4.98 Å². The molecule has 1 N–H and O–H groups in total. The summed E-state index contributed by atoms with van der Waals surface area (Å²) in [5.41, 5.74) is 2.90. The van der Waals surface area contributed by atoms with Gasteiger partial charge in [0, 0.05) is 18.1 Å². The molecule has 1 saturated heterocycles. The maximum absolute atomic E-state index is 12.5. The maximum atomic E-state index is 12.5. The van der Waals surface area contributed by atoms with E-state index in [0.29, 0.717) is 13.0 Å². The van der Waals surface area contributed by atoms with E-state index in [-0.39, 0.29) is 11.9 Å². The summed E-state index contributed by atoms with van der Waals surface area (Å²) in [5.74, 6) is 0.0120. The van der Waals surface area contributed by atoms with Crippen LogP contribution < -0.4 is 5.32 Å². The monoisotopic (exact) mass is 392 g/mol. The number of rotatable bonds is 7. The average Bonchev–Trinajstić information content (AvgIpc) is 3.42. The van der Waals surface area contributed by atoms with Gasteiger partial charge in [0.25, 0.3) is 0 Å². The number of thiazole rings is 1. The summed E-state index contributed by atoms with van der Waals surface area (Å²) in [5, 5.41) is 5.92. The summed E-state index contributed by atoms with van der Waals surface area (Å²) in [4.78, 5) is 23.9. The summed E-state index contributed by atoms with van der Waals surface area (Å²) in [6.45, 7) is 2.81. The number of likely N-dealkylation sites (tertiary alicyclic amines) is 1. The first-order valence-electron chi connectivity index (χ1n) is 9.71. The van der Waals surface area contributed by atoms with Gasteiger partial charge in [-0.3, -0.25) is 14.7 Å². The van der Waals surface area contributed by atoms with Crippen molar-refractivity contribution < 1.29 is 4.79 Å². The molecule has 28 heavy (non-hydrogen) atoms. The van der Waals surface area contributed by atoms with Crippen molar-refractivity contribution in [1.82, 2.24) is 20.2 Å². The third-order valence-corrected chi connectivity index (χ3v) is 5.95. The van der Waals surface area contributed by atoms with Crippen LogP contribution in [0, 0.1) is 0 Å². The van der Waals surface area contributed by atoms with Crippen molar-refractivity contribution in [3.63, 3.8) is 0 Å². The quantitative estimate of drug-likeness (QED) is 0.666. The molecule has 3 heterocycles. The van der Waals surface area contributed by atoms with Gasteiger partial charge in [-0.15, -0.1) is 11.3 Å². The Morgan fingerprint density at radius 2 is 1.89 bits per heavy atom. The highest BCUT2D eigenvalue weighted by Crippen LogP contribution is 2.25. The Morgan fingerprint density at radius 3 is 2.64 bits per heavy atom. The van der Waals surface area contributed by atoms with Crippen LogP contribution in [0.2, 0.25) is 0 Å². The molecule has 0 bridgehead atoms. The van der Waals surface area contributed by atoms with Gasteiger partial charge in [-0.2, -0.15) is 0 Å². The standard InChI is InChI=1S/C22H24N4OS/c27-21(14-18-16-28-22(25-18)19-10-4-5-11-23-19)24-15-20(26-12-6-7-13-26)17-8-2-1-3-9-17/h1-5,8-11,16,20H,6-7,12-15H2,(H,24,27)/t20-/m1/s1. The first-order chi connectivity index (χ1) is 13.8. The van der Waals surface area contributed by atoms with E-state index in [1.54, 1.807) is 6.20 Å². The number of benzene rings is 1. The van der Waals surface area contributed by atoms with Gasteiger partial charge in [0.15, 0.2) is 0 Å². The molecule has 3 aromatic rings. The normalized spacial score (nSPS) is 15.4. The number of carbonyl (C=O) groups excluding carboxylic acids is 1. The molecule has 0 unspecified atom stereocenters. The summed E-state index contributed by atoms with van der Waals surface area (Å²) >= 11 is 1.52. The summed E-state index contributed by atoms with van der Waals surface area (Å²) in [7, 11) is 0. The van der Waals surface area contributed by atoms with Crippen molar-refractivity contribution in [3.05, 3.63) is 71.4 Å². The molecular weight excluding hydrogens is 368 g/mol. The van der Waals surface area contributed by atoms with Gasteiger partial charge in [0.05, 0.1) is 23.9 Å². The van der Waals surface area contributed by atoms with Crippen LogP contribution in [0.4, 0.5) is 0 Å². The van der Waals surface area contributed by atoms with Crippen LogP contribution in [-0.4, -0.2) is 40.4 Å². The summed E-state index contributed by atoms with van der Waals surface area (Å²) in [6, 6.07) is 16.4. The lowest BCUT2D eigenvalue weighted by atomic mass is 10.1. The number of carbonyl (C=O) groups is 1. The van der Waals surface area contributed by atoms with Crippen LogP contribution in [0.1, 0.15) is 30.1 Å². The lowest BCUT2D eigenvalue weighted by Crippen LogP contribution is -2.37. The highest BCUT2D eigenvalue weighted by Gasteiger charge is 2.23. The molecule has 1 amide bonds. The molecule has 0 aliphatic carbocycles. The predicted molar refractivity (Wildman–Crippen MR) is 112 cm³/mol. The minimum Gasteiger partial charge on any atom is -0.354 e. The number of hydrogen-bond donors (Lipinski definition) is 1. The largest absolute Gasteiger partial charge is 0.354 e. The number of nitrogens with zero attached hydrogens (tertiary/aromatic N) is 3. The zero-order valence-corrected chi connectivity index (χ0v) is 16.6. The molecule has 2 aromatic heterocycles. The Morgan fingerprint density at radius 1 is 1.11 bits per heavy atom. The Labute approximate surface area is 169 Å². The van der Waals surface area contributed by atoms with Crippen molar-refractivity contribution in [3.8, 4) is 10.7 Å². The third kappa shape index (κ3) is 4.64. The molecule has 144 valence electrons. The molecule has 1 fully saturated rings. The first kappa shape index (κ1) is 18.8. The van der Waals surface area contributed by atoms with Crippen molar-refractivity contribution in [2.75, 3.05) is 19.6 Å². The Bertz CT molecular complexity index is 891. The van der Waals surface area contributed by atoms with Crippen molar-refractivity contribution in [2.24, 2.45) is 0 Å². The topological polar surface area (TPSA) is 58.1 Å². The number of nitrogens with one attached hydrogen (secondary N) is 1. The van der Waals surface area contributed by atoms with Gasteiger partial charge >= 0.3 is 0 Å². The van der Waals surface area contributed by atoms with Crippen molar-refractivity contribution in [2.45, 2.75) is 25.3 Å². The Hall–Kier alpha value is -2.57. The maximum Gasteiger partial charge on any atom is 0.226 e. The fraction of sp³-hybridized carbons (Fsp3) is 0.318. The summed E-state index contributed by atoms with van der Waals surface area (Å²) < 4.78 is 0. The third-order valence-electron chi connectivity index (χ3n) is 5.04. The fourth-order valence-electron chi connectivity index (χ4n) is 3.62. The van der Waals surface area contributed by atoms with E-state index >= 15 is 0 Å². The van der Waals surface area contributed by atoms with Crippen molar-refractivity contribution >= 4 is 17.2 Å². The minimum absolute atomic E-state index is 0.0120. The van der Waals surface area contributed by atoms with Crippen molar-refractivity contribution in [1.29, 1.82) is 0 Å². The Kier molecular flexibility index (Phi) is 6.09. The van der Waals surface area contributed by atoms with E-state index in [4.69, 9.17) is 0 Å². The molecule has 0 saturated carbocycles. The first-order valence-corrected chi connectivity index (χ1v) is 10.6. The zero-order valence-electron chi connectivity index (χ0n) is 15.8. The van der Waals surface area contributed by atoms with E-state index in [1.807, 2.05) is 29.6 Å². The van der Waals surface area contributed by atoms with E-state index in [0.717, 1.165) is 29.5 Å². The lowest BCUT2D eigenvalue weighted by Gasteiger charge is -2.28. The highest BCUT2D eigenvalue weighted by molar-refractivity contribution is 7.13. The van der Waals surface area contributed by atoms with E-state index in [9.17, 15) is 4.79 Å². The van der Waals surface area contributed by atoms with Crippen LogP contribution in [0.25, 0.3) is 10.7 Å². The second kappa shape index (κ2) is 9.08. The molecule has 5 nitrogen and oxygen atoms in total.